The summed E-state index contributed by atoms with van der Waals surface area (Å²) >= 11 is 0. The number of benzene rings is 2. The van der Waals surface area contributed by atoms with Gasteiger partial charge >= 0.3 is 0 Å². The summed E-state index contributed by atoms with van der Waals surface area (Å²) in [6.45, 7) is 6.09. The lowest BCUT2D eigenvalue weighted by Crippen LogP contribution is -2.38. The van der Waals surface area contributed by atoms with Crippen LogP contribution in [0.4, 0.5) is 0 Å². The molecule has 2 aromatic carbocycles. The first-order valence-electron chi connectivity index (χ1n) is 9.48. The van der Waals surface area contributed by atoms with Crippen LogP contribution >= 0.6 is 0 Å². The minimum Gasteiger partial charge on any atom is -0.494 e. The maximum absolute atomic E-state index is 12.5. The number of ether oxygens (including phenoxy) is 1. The van der Waals surface area contributed by atoms with Crippen molar-refractivity contribution in [1.82, 2.24) is 10.2 Å². The van der Waals surface area contributed by atoms with E-state index in [0.717, 1.165) is 30.7 Å². The lowest BCUT2D eigenvalue weighted by molar-refractivity contribution is -0.123. The first-order valence-corrected chi connectivity index (χ1v) is 9.48. The summed E-state index contributed by atoms with van der Waals surface area (Å²) in [6, 6.07) is 18.7. The minimum absolute atomic E-state index is 0.0234. The zero-order valence-electron chi connectivity index (χ0n) is 15.7. The van der Waals surface area contributed by atoms with Gasteiger partial charge in [-0.1, -0.05) is 42.5 Å². The average molecular weight is 352 g/mol. The molecule has 1 saturated heterocycles. The fraction of sp³-hybridized carbons (Fsp3) is 0.409. The summed E-state index contributed by atoms with van der Waals surface area (Å²) in [5, 5.41) is 3.12. The highest BCUT2D eigenvalue weighted by molar-refractivity contribution is 5.78. The van der Waals surface area contributed by atoms with Crippen molar-refractivity contribution in [1.29, 1.82) is 0 Å². The number of rotatable bonds is 7. The van der Waals surface area contributed by atoms with Crippen molar-refractivity contribution in [2.75, 3.05) is 19.7 Å². The molecule has 26 heavy (non-hydrogen) atoms. The lowest BCUT2D eigenvalue weighted by atomic mass is 10.0. The van der Waals surface area contributed by atoms with Crippen molar-refractivity contribution < 1.29 is 9.53 Å². The molecule has 4 heteroatoms. The van der Waals surface area contributed by atoms with Crippen LogP contribution in [0.3, 0.4) is 0 Å². The number of likely N-dealkylation sites (tertiary alicyclic amines) is 1. The second-order valence-electron chi connectivity index (χ2n) is 6.83. The summed E-state index contributed by atoms with van der Waals surface area (Å²) in [5.41, 5.74) is 2.39. The van der Waals surface area contributed by atoms with E-state index in [9.17, 15) is 4.79 Å². The van der Waals surface area contributed by atoms with Crippen LogP contribution in [0.25, 0.3) is 0 Å². The van der Waals surface area contributed by atoms with Gasteiger partial charge in [-0.25, -0.2) is 0 Å². The van der Waals surface area contributed by atoms with Gasteiger partial charge in [0.1, 0.15) is 5.75 Å². The van der Waals surface area contributed by atoms with Crippen molar-refractivity contribution in [2.24, 2.45) is 0 Å². The normalized spacial score (nSPS) is 18.5. The summed E-state index contributed by atoms with van der Waals surface area (Å²) < 4.78 is 5.52. The van der Waals surface area contributed by atoms with Crippen molar-refractivity contribution in [3.05, 3.63) is 65.7 Å². The Bertz CT molecular complexity index is 700. The third kappa shape index (κ3) is 4.64. The van der Waals surface area contributed by atoms with Crippen LogP contribution < -0.4 is 10.1 Å². The van der Waals surface area contributed by atoms with E-state index in [1.807, 2.05) is 56.3 Å². The van der Waals surface area contributed by atoms with E-state index < -0.39 is 0 Å². The molecule has 0 bridgehead atoms. The van der Waals surface area contributed by atoms with Gasteiger partial charge in [-0.15, -0.1) is 0 Å². The summed E-state index contributed by atoms with van der Waals surface area (Å²) in [4.78, 5) is 14.8. The highest BCUT2D eigenvalue weighted by atomic mass is 16.5. The Kier molecular flexibility index (Phi) is 6.29. The first-order chi connectivity index (χ1) is 12.7. The second kappa shape index (κ2) is 8.86. The fourth-order valence-electron chi connectivity index (χ4n) is 3.64. The van der Waals surface area contributed by atoms with Gasteiger partial charge in [-0.3, -0.25) is 9.69 Å². The monoisotopic (exact) mass is 352 g/mol. The van der Waals surface area contributed by atoms with Crippen LogP contribution in [-0.4, -0.2) is 30.5 Å². The van der Waals surface area contributed by atoms with E-state index in [-0.39, 0.29) is 11.9 Å². The average Bonchev–Trinajstić information content (AvgIpc) is 3.11. The van der Waals surface area contributed by atoms with E-state index >= 15 is 0 Å². The Morgan fingerprint density at radius 1 is 1.19 bits per heavy atom. The highest BCUT2D eigenvalue weighted by Gasteiger charge is 2.27. The molecule has 3 rings (SSSR count). The molecule has 0 saturated carbocycles. The molecule has 2 aromatic rings. The molecule has 0 aliphatic carbocycles. The molecule has 1 aliphatic heterocycles. The van der Waals surface area contributed by atoms with Gasteiger partial charge in [-0.2, -0.15) is 0 Å². The summed E-state index contributed by atoms with van der Waals surface area (Å²) in [6.07, 6.45) is 2.22. The van der Waals surface area contributed by atoms with Crippen LogP contribution in [-0.2, 0) is 4.79 Å². The van der Waals surface area contributed by atoms with E-state index in [1.165, 1.54) is 5.56 Å². The molecule has 138 valence electrons. The fourth-order valence-corrected chi connectivity index (χ4v) is 3.64. The van der Waals surface area contributed by atoms with Gasteiger partial charge in [0, 0.05) is 6.04 Å². The molecule has 4 nitrogen and oxygen atoms in total. The molecule has 1 N–H and O–H groups in total. The van der Waals surface area contributed by atoms with Crippen molar-refractivity contribution >= 4 is 5.91 Å². The molecule has 1 fully saturated rings. The molecule has 1 heterocycles. The van der Waals surface area contributed by atoms with E-state index in [4.69, 9.17) is 4.74 Å². The summed E-state index contributed by atoms with van der Waals surface area (Å²) in [5.74, 6) is 0.981. The molecule has 1 amide bonds. The molecule has 0 spiro atoms. The number of carbonyl (C=O) groups is 1. The number of carbonyl (C=O) groups excluding carboxylic acids is 1. The number of amides is 1. The lowest BCUT2D eigenvalue weighted by Gasteiger charge is -2.25. The van der Waals surface area contributed by atoms with Gasteiger partial charge in [0.05, 0.1) is 19.2 Å². The quantitative estimate of drug-likeness (QED) is 0.816. The largest absolute Gasteiger partial charge is 0.494 e. The molecular weight excluding hydrogens is 324 g/mol. The summed E-state index contributed by atoms with van der Waals surface area (Å²) in [7, 11) is 0. The molecule has 0 radical (unpaired) electrons. The number of nitrogens with one attached hydrogen (secondary N) is 1. The third-order valence-electron chi connectivity index (χ3n) is 4.96. The predicted molar refractivity (Wildman–Crippen MR) is 104 cm³/mol. The van der Waals surface area contributed by atoms with Gasteiger partial charge in [0.25, 0.3) is 0 Å². The Morgan fingerprint density at radius 2 is 1.92 bits per heavy atom. The van der Waals surface area contributed by atoms with Gasteiger partial charge in [0.2, 0.25) is 5.91 Å². The van der Waals surface area contributed by atoms with Gasteiger partial charge in [0.15, 0.2) is 0 Å². The SMILES string of the molecule is CCOc1ccc(C2CCCN2CC(=O)NC(C)c2ccccc2)cc1. The zero-order valence-corrected chi connectivity index (χ0v) is 15.7. The maximum Gasteiger partial charge on any atom is 0.234 e. The molecular formula is C22H28N2O2. The number of hydrogen-bond acceptors (Lipinski definition) is 3. The highest BCUT2D eigenvalue weighted by Crippen LogP contribution is 2.32. The Hall–Kier alpha value is -2.33. The van der Waals surface area contributed by atoms with Crippen molar-refractivity contribution in [3.8, 4) is 5.75 Å². The molecule has 1 aliphatic rings. The predicted octanol–water partition coefficient (Wildman–Crippen LogP) is 4.10. The maximum atomic E-state index is 12.5. The standard InChI is InChI=1S/C22H28N2O2/c1-3-26-20-13-11-19(12-14-20)21-10-7-15-24(21)16-22(25)23-17(2)18-8-5-4-6-9-18/h4-6,8-9,11-14,17,21H,3,7,10,15-16H2,1-2H3,(H,23,25). The second-order valence-corrected chi connectivity index (χ2v) is 6.83. The van der Waals surface area contributed by atoms with Crippen LogP contribution in [0.15, 0.2) is 54.6 Å². The molecule has 0 aromatic heterocycles. The van der Waals surface area contributed by atoms with Gasteiger partial charge < -0.3 is 10.1 Å². The number of nitrogens with zero attached hydrogens (tertiary/aromatic N) is 1. The third-order valence-corrected chi connectivity index (χ3v) is 4.96. The van der Waals surface area contributed by atoms with Crippen LogP contribution in [0.5, 0.6) is 5.75 Å². The van der Waals surface area contributed by atoms with E-state index in [1.54, 1.807) is 0 Å². The Balaban J connectivity index is 1.58. The number of hydrogen-bond donors (Lipinski definition) is 1. The van der Waals surface area contributed by atoms with Crippen molar-refractivity contribution in [3.63, 3.8) is 0 Å². The first kappa shape index (κ1) is 18.5. The molecule has 2 atom stereocenters. The topological polar surface area (TPSA) is 41.6 Å². The molecule has 2 unspecified atom stereocenters. The zero-order chi connectivity index (χ0) is 18.4. The minimum atomic E-state index is 0.0234. The van der Waals surface area contributed by atoms with Gasteiger partial charge in [-0.05, 0) is 56.5 Å². The van der Waals surface area contributed by atoms with E-state index in [0.29, 0.717) is 19.2 Å². The Morgan fingerprint density at radius 3 is 2.62 bits per heavy atom. The smallest absolute Gasteiger partial charge is 0.234 e. The van der Waals surface area contributed by atoms with Crippen LogP contribution in [0, 0.1) is 0 Å². The Labute approximate surface area is 156 Å². The van der Waals surface area contributed by atoms with E-state index in [2.05, 4.69) is 22.3 Å². The van der Waals surface area contributed by atoms with Crippen LogP contribution in [0.2, 0.25) is 0 Å². The van der Waals surface area contributed by atoms with Crippen LogP contribution in [0.1, 0.15) is 49.9 Å². The van der Waals surface area contributed by atoms with Crippen molar-refractivity contribution in [2.45, 2.75) is 38.8 Å².